The van der Waals surface area contributed by atoms with E-state index >= 15 is 0 Å². The smallest absolute Gasteiger partial charge is 0.242 e. The summed E-state index contributed by atoms with van der Waals surface area (Å²) in [5.41, 5.74) is 9.12. The van der Waals surface area contributed by atoms with Gasteiger partial charge in [-0.1, -0.05) is 5.21 Å². The summed E-state index contributed by atoms with van der Waals surface area (Å²) in [6.07, 6.45) is 1.67. The van der Waals surface area contributed by atoms with Crippen molar-refractivity contribution >= 4 is 5.91 Å². The van der Waals surface area contributed by atoms with Crippen molar-refractivity contribution in [1.82, 2.24) is 30.1 Å². The van der Waals surface area contributed by atoms with Gasteiger partial charge in [-0.2, -0.15) is 5.10 Å². The summed E-state index contributed by atoms with van der Waals surface area (Å²) in [6.45, 7) is 4.82. The topological polar surface area (TPSA) is 104 Å². The highest BCUT2D eigenvalue weighted by Gasteiger charge is 2.11. The zero-order chi connectivity index (χ0) is 14.7. The number of rotatable bonds is 5. The predicted molar refractivity (Wildman–Crippen MR) is 72.4 cm³/mol. The Hall–Kier alpha value is -2.22. The summed E-state index contributed by atoms with van der Waals surface area (Å²) >= 11 is 0. The van der Waals surface area contributed by atoms with E-state index < -0.39 is 0 Å². The van der Waals surface area contributed by atoms with Crippen LogP contribution in [0.25, 0.3) is 0 Å². The Kier molecular flexibility index (Phi) is 4.14. The number of aromatic nitrogens is 5. The second kappa shape index (κ2) is 5.83. The Morgan fingerprint density at radius 1 is 1.45 bits per heavy atom. The van der Waals surface area contributed by atoms with E-state index in [4.69, 9.17) is 5.73 Å². The van der Waals surface area contributed by atoms with E-state index in [2.05, 4.69) is 20.7 Å². The number of hydrogen-bond acceptors (Lipinski definition) is 5. The third-order valence-electron chi connectivity index (χ3n) is 3.22. The third-order valence-corrected chi connectivity index (χ3v) is 3.22. The van der Waals surface area contributed by atoms with Gasteiger partial charge in [-0.3, -0.25) is 9.48 Å². The van der Waals surface area contributed by atoms with Crippen LogP contribution in [0.15, 0.2) is 6.20 Å². The normalized spacial score (nSPS) is 10.8. The Morgan fingerprint density at radius 2 is 2.20 bits per heavy atom. The summed E-state index contributed by atoms with van der Waals surface area (Å²) in [6, 6.07) is 0. The highest BCUT2D eigenvalue weighted by atomic mass is 16.2. The van der Waals surface area contributed by atoms with Crippen molar-refractivity contribution in [2.75, 3.05) is 0 Å². The summed E-state index contributed by atoms with van der Waals surface area (Å²) in [5, 5.41) is 14.8. The number of nitrogens with one attached hydrogen (secondary N) is 1. The molecule has 0 aliphatic heterocycles. The molecule has 0 saturated carbocycles. The maximum absolute atomic E-state index is 11.9. The van der Waals surface area contributed by atoms with E-state index in [0.29, 0.717) is 18.8 Å². The van der Waals surface area contributed by atoms with Crippen molar-refractivity contribution in [3.05, 3.63) is 28.8 Å². The molecule has 0 aromatic carbocycles. The largest absolute Gasteiger partial charge is 0.350 e. The first kappa shape index (κ1) is 14.2. The van der Waals surface area contributed by atoms with Crippen molar-refractivity contribution in [3.63, 3.8) is 0 Å². The van der Waals surface area contributed by atoms with Gasteiger partial charge in [-0.15, -0.1) is 5.10 Å². The van der Waals surface area contributed by atoms with Crippen LogP contribution in [-0.4, -0.2) is 30.7 Å². The summed E-state index contributed by atoms with van der Waals surface area (Å²) in [7, 11) is 1.89. The molecule has 0 bridgehead atoms. The number of carbonyl (C=O) groups excluding carboxylic acids is 1. The molecule has 2 aromatic rings. The lowest BCUT2D eigenvalue weighted by molar-refractivity contribution is -0.122. The Morgan fingerprint density at radius 3 is 2.75 bits per heavy atom. The molecule has 20 heavy (non-hydrogen) atoms. The van der Waals surface area contributed by atoms with Gasteiger partial charge in [0, 0.05) is 31.4 Å². The monoisotopic (exact) mass is 277 g/mol. The summed E-state index contributed by atoms with van der Waals surface area (Å²) < 4.78 is 3.28. The number of amides is 1. The molecule has 3 N–H and O–H groups in total. The van der Waals surface area contributed by atoms with Crippen LogP contribution >= 0.6 is 0 Å². The van der Waals surface area contributed by atoms with Gasteiger partial charge in [0.1, 0.15) is 6.54 Å². The number of nitrogens with two attached hydrogens (primary N) is 1. The van der Waals surface area contributed by atoms with Crippen LogP contribution in [0.4, 0.5) is 0 Å². The second-order valence-corrected chi connectivity index (χ2v) is 4.66. The van der Waals surface area contributed by atoms with E-state index in [1.807, 2.05) is 25.6 Å². The summed E-state index contributed by atoms with van der Waals surface area (Å²) in [5.74, 6) is -0.124. The van der Waals surface area contributed by atoms with Crippen LogP contribution in [0, 0.1) is 13.8 Å². The van der Waals surface area contributed by atoms with Gasteiger partial charge in [-0.05, 0) is 13.8 Å². The van der Waals surface area contributed by atoms with Gasteiger partial charge in [0.25, 0.3) is 0 Å². The van der Waals surface area contributed by atoms with Gasteiger partial charge in [0.15, 0.2) is 0 Å². The van der Waals surface area contributed by atoms with Crippen molar-refractivity contribution in [1.29, 1.82) is 0 Å². The molecule has 0 saturated heterocycles. The molecule has 108 valence electrons. The molecule has 1 amide bonds. The van der Waals surface area contributed by atoms with Crippen molar-refractivity contribution in [3.8, 4) is 0 Å². The zero-order valence-corrected chi connectivity index (χ0v) is 11.9. The van der Waals surface area contributed by atoms with Crippen LogP contribution in [0.2, 0.25) is 0 Å². The van der Waals surface area contributed by atoms with Crippen LogP contribution in [0.3, 0.4) is 0 Å². The number of carbonyl (C=O) groups is 1. The Balaban J connectivity index is 1.92. The van der Waals surface area contributed by atoms with E-state index in [1.165, 1.54) is 4.68 Å². The van der Waals surface area contributed by atoms with E-state index in [9.17, 15) is 4.79 Å². The van der Waals surface area contributed by atoms with Crippen LogP contribution in [-0.2, 0) is 31.5 Å². The van der Waals surface area contributed by atoms with Crippen molar-refractivity contribution < 1.29 is 4.79 Å². The molecule has 2 aromatic heterocycles. The molecule has 2 rings (SSSR count). The number of nitrogens with zero attached hydrogens (tertiary/aromatic N) is 5. The molecular formula is C12H19N7O. The lowest BCUT2D eigenvalue weighted by atomic mass is 10.2. The molecule has 0 radical (unpaired) electrons. The molecule has 0 aliphatic carbocycles. The van der Waals surface area contributed by atoms with Crippen molar-refractivity contribution in [2.45, 2.75) is 33.5 Å². The van der Waals surface area contributed by atoms with E-state index in [-0.39, 0.29) is 12.5 Å². The molecule has 8 heteroatoms. The van der Waals surface area contributed by atoms with Crippen molar-refractivity contribution in [2.24, 2.45) is 12.8 Å². The molecule has 0 spiro atoms. The first-order valence-electron chi connectivity index (χ1n) is 6.36. The fourth-order valence-electron chi connectivity index (χ4n) is 1.97. The number of hydrogen-bond donors (Lipinski definition) is 2. The minimum Gasteiger partial charge on any atom is -0.350 e. The molecule has 2 heterocycles. The quantitative estimate of drug-likeness (QED) is 0.759. The maximum atomic E-state index is 11.9. The van der Waals surface area contributed by atoms with E-state index in [0.717, 1.165) is 17.0 Å². The molecule has 0 fully saturated rings. The van der Waals surface area contributed by atoms with Crippen LogP contribution in [0.1, 0.15) is 22.6 Å². The third kappa shape index (κ3) is 3.02. The number of aryl methyl sites for hydroxylation is 2. The van der Waals surface area contributed by atoms with Crippen LogP contribution in [0.5, 0.6) is 0 Å². The predicted octanol–water partition coefficient (Wildman–Crippen LogP) is -0.596. The SMILES string of the molecule is Cc1nn(C)c(C)c1CNC(=O)Cn1cc(CN)nn1. The lowest BCUT2D eigenvalue weighted by Gasteiger charge is -2.05. The average molecular weight is 277 g/mol. The first-order chi connectivity index (χ1) is 9.51. The average Bonchev–Trinajstić information content (AvgIpc) is 2.94. The Bertz CT molecular complexity index is 613. The maximum Gasteiger partial charge on any atom is 0.242 e. The standard InChI is InChI=1S/C12H19N7O/c1-8-11(9(2)18(3)16-8)5-14-12(20)7-19-6-10(4-13)15-17-19/h6H,4-5,7,13H2,1-3H3,(H,14,20). The molecule has 0 aliphatic rings. The highest BCUT2D eigenvalue weighted by Crippen LogP contribution is 2.11. The molecule has 0 atom stereocenters. The minimum atomic E-state index is -0.124. The highest BCUT2D eigenvalue weighted by molar-refractivity contribution is 5.75. The second-order valence-electron chi connectivity index (χ2n) is 4.66. The van der Waals surface area contributed by atoms with Gasteiger partial charge in [-0.25, -0.2) is 4.68 Å². The Labute approximate surface area is 116 Å². The zero-order valence-electron chi connectivity index (χ0n) is 11.9. The lowest BCUT2D eigenvalue weighted by Crippen LogP contribution is -2.27. The van der Waals surface area contributed by atoms with Gasteiger partial charge < -0.3 is 11.1 Å². The van der Waals surface area contributed by atoms with Gasteiger partial charge in [0.2, 0.25) is 5.91 Å². The summed E-state index contributed by atoms with van der Waals surface area (Å²) in [4.78, 5) is 11.9. The van der Waals surface area contributed by atoms with E-state index in [1.54, 1.807) is 6.20 Å². The molecule has 0 unspecified atom stereocenters. The van der Waals surface area contributed by atoms with Gasteiger partial charge >= 0.3 is 0 Å². The molecular weight excluding hydrogens is 258 g/mol. The minimum absolute atomic E-state index is 0.124. The fourth-order valence-corrected chi connectivity index (χ4v) is 1.97. The molecule has 8 nitrogen and oxygen atoms in total. The fraction of sp³-hybridized carbons (Fsp3) is 0.500. The first-order valence-corrected chi connectivity index (χ1v) is 6.36. The van der Waals surface area contributed by atoms with Gasteiger partial charge in [0.05, 0.1) is 17.6 Å². The van der Waals surface area contributed by atoms with Crippen LogP contribution < -0.4 is 11.1 Å².